The minimum Gasteiger partial charge on any atom is -0.308 e. The fourth-order valence-corrected chi connectivity index (χ4v) is 3.74. The van der Waals surface area contributed by atoms with Crippen LogP contribution in [0, 0.1) is 0 Å². The van der Waals surface area contributed by atoms with Crippen molar-refractivity contribution in [3.63, 3.8) is 0 Å². The first-order valence-electron chi connectivity index (χ1n) is 8.70. The van der Waals surface area contributed by atoms with Gasteiger partial charge in [0, 0.05) is 24.8 Å². The summed E-state index contributed by atoms with van der Waals surface area (Å²) >= 11 is 0. The highest BCUT2D eigenvalue weighted by Gasteiger charge is 2.22. The lowest BCUT2D eigenvalue weighted by Gasteiger charge is -2.35. The minimum absolute atomic E-state index is 0.649. The van der Waals surface area contributed by atoms with Gasteiger partial charge in [-0.05, 0) is 52.3 Å². The van der Waals surface area contributed by atoms with Crippen molar-refractivity contribution >= 4 is 0 Å². The van der Waals surface area contributed by atoms with E-state index in [-0.39, 0.29) is 0 Å². The monoisotopic (exact) mass is 290 g/mol. The van der Waals surface area contributed by atoms with Crippen LogP contribution >= 0.6 is 0 Å². The van der Waals surface area contributed by atoms with Gasteiger partial charge in [0.05, 0.1) is 11.7 Å². The van der Waals surface area contributed by atoms with Crippen LogP contribution in [0.15, 0.2) is 12.3 Å². The largest absolute Gasteiger partial charge is 0.308 e. The second-order valence-corrected chi connectivity index (χ2v) is 7.01. The molecule has 0 bridgehead atoms. The van der Waals surface area contributed by atoms with Crippen LogP contribution in [0.1, 0.15) is 63.6 Å². The molecule has 1 N–H and O–H groups in total. The van der Waals surface area contributed by atoms with Crippen LogP contribution in [0.25, 0.3) is 0 Å². The lowest BCUT2D eigenvalue weighted by atomic mass is 9.96. The van der Waals surface area contributed by atoms with Crippen molar-refractivity contribution in [2.45, 2.75) is 76.5 Å². The maximum atomic E-state index is 4.80. The highest BCUT2D eigenvalue weighted by atomic mass is 15.3. The summed E-state index contributed by atoms with van der Waals surface area (Å²) in [7, 11) is 2.23. The van der Waals surface area contributed by atoms with Crippen LogP contribution in [-0.4, -0.2) is 40.4 Å². The van der Waals surface area contributed by atoms with Crippen molar-refractivity contribution in [1.82, 2.24) is 20.0 Å². The average molecular weight is 290 g/mol. The summed E-state index contributed by atoms with van der Waals surface area (Å²) in [6, 6.07) is 4.18. The minimum atomic E-state index is 0.649. The van der Waals surface area contributed by atoms with Gasteiger partial charge in [-0.3, -0.25) is 4.68 Å². The molecule has 2 heterocycles. The number of nitrogens with one attached hydrogen (secondary N) is 1. The molecule has 3 rings (SSSR count). The normalized spacial score (nSPS) is 28.9. The molecule has 2 aliphatic rings. The smallest absolute Gasteiger partial charge is 0.0762 e. The van der Waals surface area contributed by atoms with Gasteiger partial charge in [0.1, 0.15) is 0 Å². The fraction of sp³-hybridized carbons (Fsp3) is 0.824. The standard InChI is InChI=1S/C17H30N4/c1-14-12-15(8-10-20(14)2)18-13-16-9-11-21(19-16)17-6-4-3-5-7-17/h9,11,14-15,17-18H,3-8,10,12-13H2,1-2H3. The van der Waals surface area contributed by atoms with Gasteiger partial charge in [-0.15, -0.1) is 0 Å². The summed E-state index contributed by atoms with van der Waals surface area (Å²) in [4.78, 5) is 2.45. The van der Waals surface area contributed by atoms with E-state index >= 15 is 0 Å². The third kappa shape index (κ3) is 3.86. The molecule has 1 aromatic rings. The van der Waals surface area contributed by atoms with Crippen LogP contribution in [-0.2, 0) is 6.54 Å². The summed E-state index contributed by atoms with van der Waals surface area (Å²) in [5.41, 5.74) is 1.20. The van der Waals surface area contributed by atoms with Crippen molar-refractivity contribution in [2.24, 2.45) is 0 Å². The summed E-state index contributed by atoms with van der Waals surface area (Å²) in [6.45, 7) is 4.45. The van der Waals surface area contributed by atoms with E-state index in [4.69, 9.17) is 5.10 Å². The van der Waals surface area contributed by atoms with Gasteiger partial charge in [-0.2, -0.15) is 5.10 Å². The van der Waals surface area contributed by atoms with Gasteiger partial charge >= 0.3 is 0 Å². The molecule has 1 saturated heterocycles. The number of hydrogen-bond acceptors (Lipinski definition) is 3. The Morgan fingerprint density at radius 3 is 2.81 bits per heavy atom. The maximum absolute atomic E-state index is 4.80. The molecule has 0 spiro atoms. The van der Waals surface area contributed by atoms with E-state index in [9.17, 15) is 0 Å². The van der Waals surface area contributed by atoms with E-state index in [1.807, 2.05) is 0 Å². The molecule has 21 heavy (non-hydrogen) atoms. The molecule has 1 aliphatic carbocycles. The molecule has 4 heteroatoms. The van der Waals surface area contributed by atoms with E-state index in [1.165, 1.54) is 57.2 Å². The number of likely N-dealkylation sites (tertiary alicyclic amines) is 1. The summed E-state index contributed by atoms with van der Waals surface area (Å²) in [5.74, 6) is 0. The Morgan fingerprint density at radius 2 is 2.05 bits per heavy atom. The van der Waals surface area contributed by atoms with E-state index < -0.39 is 0 Å². The highest BCUT2D eigenvalue weighted by Crippen LogP contribution is 2.27. The zero-order valence-electron chi connectivity index (χ0n) is 13.6. The zero-order chi connectivity index (χ0) is 14.7. The molecule has 1 aromatic heterocycles. The molecule has 0 radical (unpaired) electrons. The van der Waals surface area contributed by atoms with Crippen LogP contribution in [0.5, 0.6) is 0 Å². The van der Waals surface area contributed by atoms with Gasteiger partial charge in [0.2, 0.25) is 0 Å². The Morgan fingerprint density at radius 1 is 1.24 bits per heavy atom. The zero-order valence-corrected chi connectivity index (χ0v) is 13.6. The molecular weight excluding hydrogens is 260 g/mol. The number of piperidine rings is 1. The first-order chi connectivity index (χ1) is 10.2. The highest BCUT2D eigenvalue weighted by molar-refractivity contribution is 5.00. The van der Waals surface area contributed by atoms with Gasteiger partial charge in [0.15, 0.2) is 0 Å². The second kappa shape index (κ2) is 6.93. The van der Waals surface area contributed by atoms with E-state index in [2.05, 4.69) is 41.1 Å². The van der Waals surface area contributed by atoms with Crippen molar-refractivity contribution in [1.29, 1.82) is 0 Å². The molecule has 118 valence electrons. The van der Waals surface area contributed by atoms with E-state index in [0.717, 1.165) is 6.54 Å². The van der Waals surface area contributed by atoms with Crippen molar-refractivity contribution < 1.29 is 0 Å². The fourth-order valence-electron chi connectivity index (χ4n) is 3.74. The van der Waals surface area contributed by atoms with E-state index in [0.29, 0.717) is 18.1 Å². The molecule has 2 fully saturated rings. The topological polar surface area (TPSA) is 33.1 Å². The lowest BCUT2D eigenvalue weighted by molar-refractivity contribution is 0.168. The first kappa shape index (κ1) is 15.0. The molecule has 1 saturated carbocycles. The Kier molecular flexibility index (Phi) is 4.96. The van der Waals surface area contributed by atoms with Gasteiger partial charge in [-0.1, -0.05) is 19.3 Å². The number of rotatable bonds is 4. The predicted octanol–water partition coefficient (Wildman–Crippen LogP) is 2.96. The second-order valence-electron chi connectivity index (χ2n) is 7.01. The lowest BCUT2D eigenvalue weighted by Crippen LogP contribution is -2.45. The number of nitrogens with zero attached hydrogens (tertiary/aromatic N) is 3. The van der Waals surface area contributed by atoms with Crippen molar-refractivity contribution in [2.75, 3.05) is 13.6 Å². The number of aromatic nitrogens is 2. The molecule has 4 nitrogen and oxygen atoms in total. The SMILES string of the molecule is CC1CC(NCc2ccn(C3CCCCC3)n2)CCN1C. The molecule has 1 aliphatic heterocycles. The van der Waals surface area contributed by atoms with Gasteiger partial charge in [-0.25, -0.2) is 0 Å². The molecule has 0 aromatic carbocycles. The average Bonchev–Trinajstić information content (AvgIpc) is 2.98. The predicted molar refractivity (Wildman–Crippen MR) is 86.3 cm³/mol. The summed E-state index contributed by atoms with van der Waals surface area (Å²) < 4.78 is 2.22. The third-order valence-electron chi connectivity index (χ3n) is 5.39. The summed E-state index contributed by atoms with van der Waals surface area (Å²) in [5, 5.41) is 8.50. The van der Waals surface area contributed by atoms with Crippen molar-refractivity contribution in [3.05, 3.63) is 18.0 Å². The van der Waals surface area contributed by atoms with Gasteiger partial charge in [0.25, 0.3) is 0 Å². The number of hydrogen-bond donors (Lipinski definition) is 1. The first-order valence-corrected chi connectivity index (χ1v) is 8.70. The molecule has 2 unspecified atom stereocenters. The maximum Gasteiger partial charge on any atom is 0.0762 e. The van der Waals surface area contributed by atoms with E-state index in [1.54, 1.807) is 0 Å². The molecular formula is C17H30N4. The quantitative estimate of drug-likeness (QED) is 0.925. The Balaban J connectivity index is 1.48. The third-order valence-corrected chi connectivity index (χ3v) is 5.39. The Bertz CT molecular complexity index is 436. The van der Waals surface area contributed by atoms with Crippen molar-refractivity contribution in [3.8, 4) is 0 Å². The Hall–Kier alpha value is -0.870. The van der Waals surface area contributed by atoms with Gasteiger partial charge < -0.3 is 10.2 Å². The summed E-state index contributed by atoms with van der Waals surface area (Å²) in [6.07, 6.45) is 11.4. The van der Waals surface area contributed by atoms with Crippen LogP contribution in [0.2, 0.25) is 0 Å². The van der Waals surface area contributed by atoms with Crippen LogP contribution in [0.3, 0.4) is 0 Å². The molecule has 2 atom stereocenters. The van der Waals surface area contributed by atoms with Crippen LogP contribution < -0.4 is 5.32 Å². The van der Waals surface area contributed by atoms with Crippen LogP contribution in [0.4, 0.5) is 0 Å². The molecule has 0 amide bonds. The Labute approximate surface area is 128 Å².